The van der Waals surface area contributed by atoms with E-state index in [0.717, 1.165) is 6.42 Å². The van der Waals surface area contributed by atoms with Gasteiger partial charge < -0.3 is 16.0 Å². The van der Waals surface area contributed by atoms with Crippen molar-refractivity contribution in [3.8, 4) is 0 Å². The van der Waals surface area contributed by atoms with Gasteiger partial charge in [-0.25, -0.2) is 9.38 Å². The van der Waals surface area contributed by atoms with Crippen molar-refractivity contribution in [3.63, 3.8) is 0 Å². The van der Waals surface area contributed by atoms with Crippen molar-refractivity contribution < 1.29 is 9.18 Å². The van der Waals surface area contributed by atoms with E-state index in [1.54, 1.807) is 12.1 Å². The minimum absolute atomic E-state index is 0.0455. The Morgan fingerprint density at radius 1 is 0.926 bits per heavy atom. The highest BCUT2D eigenvalue weighted by Gasteiger charge is 2.04. The summed E-state index contributed by atoms with van der Waals surface area (Å²) in [5, 5.41) is 9.08. The van der Waals surface area contributed by atoms with Gasteiger partial charge in [-0.15, -0.1) is 0 Å². The number of rotatable bonds is 9. The minimum Gasteiger partial charge on any atom is -0.357 e. The van der Waals surface area contributed by atoms with E-state index >= 15 is 0 Å². The third-order valence-corrected chi connectivity index (χ3v) is 3.95. The van der Waals surface area contributed by atoms with Crippen LogP contribution in [-0.2, 0) is 17.6 Å². The normalized spacial score (nSPS) is 11.1. The van der Waals surface area contributed by atoms with Crippen LogP contribution in [0.15, 0.2) is 59.6 Å². The highest BCUT2D eigenvalue weighted by molar-refractivity contribution is 5.84. The quantitative estimate of drug-likeness (QED) is 0.469. The number of carbonyl (C=O) groups excluding carboxylic acids is 1. The van der Waals surface area contributed by atoms with Crippen molar-refractivity contribution in [2.24, 2.45) is 4.99 Å². The van der Waals surface area contributed by atoms with E-state index < -0.39 is 0 Å². The predicted molar refractivity (Wildman–Crippen MR) is 107 cm³/mol. The third kappa shape index (κ3) is 7.90. The molecule has 6 heteroatoms. The molecule has 0 saturated carbocycles. The molecule has 0 bridgehead atoms. The van der Waals surface area contributed by atoms with Crippen molar-refractivity contribution in [1.29, 1.82) is 0 Å². The Balaban J connectivity index is 1.73. The average Bonchev–Trinajstić information content (AvgIpc) is 2.68. The van der Waals surface area contributed by atoms with Gasteiger partial charge in [-0.1, -0.05) is 48.5 Å². The minimum atomic E-state index is -0.209. The molecule has 5 nitrogen and oxygen atoms in total. The lowest BCUT2D eigenvalue weighted by atomic mass is 10.1. The van der Waals surface area contributed by atoms with Gasteiger partial charge in [-0.2, -0.15) is 0 Å². The topological polar surface area (TPSA) is 65.5 Å². The van der Waals surface area contributed by atoms with Crippen LogP contribution in [0.1, 0.15) is 18.1 Å². The molecule has 0 atom stereocenters. The van der Waals surface area contributed by atoms with Crippen molar-refractivity contribution in [2.45, 2.75) is 19.8 Å². The Kier molecular flexibility index (Phi) is 8.83. The highest BCUT2D eigenvalue weighted by atomic mass is 19.1. The molecule has 2 aromatic rings. The molecule has 144 valence electrons. The van der Waals surface area contributed by atoms with Gasteiger partial charge in [0, 0.05) is 19.6 Å². The van der Waals surface area contributed by atoms with Crippen LogP contribution in [0.3, 0.4) is 0 Å². The zero-order chi connectivity index (χ0) is 19.3. The van der Waals surface area contributed by atoms with Gasteiger partial charge in [0.15, 0.2) is 5.96 Å². The molecule has 2 rings (SSSR count). The molecule has 0 spiro atoms. The smallest absolute Gasteiger partial charge is 0.241 e. The summed E-state index contributed by atoms with van der Waals surface area (Å²) in [7, 11) is 0. The Morgan fingerprint density at radius 2 is 1.63 bits per heavy atom. The third-order valence-electron chi connectivity index (χ3n) is 3.95. The molecule has 0 radical (unpaired) electrons. The number of guanidine groups is 1. The molecule has 3 N–H and O–H groups in total. The standard InChI is InChI=1S/C21H27FN4O/c1-2-23-21(25-15-13-18-10-6-7-11-19(18)22)26-16-20(27)24-14-12-17-8-4-3-5-9-17/h3-11H,2,12-16H2,1H3,(H,24,27)(H2,23,25,26). The SMILES string of the molecule is CCNC(=NCC(=O)NCCc1ccccc1)NCCc1ccccc1F. The first kappa shape index (κ1) is 20.4. The number of nitrogens with zero attached hydrogens (tertiary/aromatic N) is 1. The second-order valence-corrected chi connectivity index (χ2v) is 6.05. The molecule has 0 heterocycles. The lowest BCUT2D eigenvalue weighted by Crippen LogP contribution is -2.39. The predicted octanol–water partition coefficient (Wildman–Crippen LogP) is 2.28. The number of carbonyl (C=O) groups is 1. The summed E-state index contributed by atoms with van der Waals surface area (Å²) >= 11 is 0. The van der Waals surface area contributed by atoms with Gasteiger partial charge in [0.25, 0.3) is 0 Å². The molecule has 0 aliphatic rings. The van der Waals surface area contributed by atoms with Crippen LogP contribution in [0.2, 0.25) is 0 Å². The second kappa shape index (κ2) is 11.7. The maximum atomic E-state index is 13.6. The van der Waals surface area contributed by atoms with E-state index in [2.05, 4.69) is 20.9 Å². The number of halogens is 1. The molecule has 0 saturated heterocycles. The number of aliphatic imine (C=N–C) groups is 1. The molecule has 0 aromatic heterocycles. The van der Waals surface area contributed by atoms with Crippen LogP contribution in [0, 0.1) is 5.82 Å². The summed E-state index contributed by atoms with van der Waals surface area (Å²) in [6.07, 6.45) is 1.33. The maximum Gasteiger partial charge on any atom is 0.241 e. The van der Waals surface area contributed by atoms with Gasteiger partial charge in [0.1, 0.15) is 12.4 Å². The Labute approximate surface area is 160 Å². The summed E-state index contributed by atoms with van der Waals surface area (Å²) in [6, 6.07) is 16.7. The fourth-order valence-electron chi connectivity index (χ4n) is 2.56. The van der Waals surface area contributed by atoms with Crippen LogP contribution in [0.4, 0.5) is 4.39 Å². The summed E-state index contributed by atoms with van der Waals surface area (Å²) in [5.41, 5.74) is 1.84. The van der Waals surface area contributed by atoms with Crippen molar-refractivity contribution >= 4 is 11.9 Å². The number of benzene rings is 2. The van der Waals surface area contributed by atoms with E-state index in [4.69, 9.17) is 0 Å². The van der Waals surface area contributed by atoms with E-state index in [1.165, 1.54) is 11.6 Å². The molecule has 0 unspecified atom stereocenters. The van der Waals surface area contributed by atoms with Gasteiger partial charge in [-0.05, 0) is 37.0 Å². The van der Waals surface area contributed by atoms with E-state index in [9.17, 15) is 9.18 Å². The Bertz CT molecular complexity index is 734. The van der Waals surface area contributed by atoms with Gasteiger partial charge in [-0.3, -0.25) is 4.79 Å². The first-order chi connectivity index (χ1) is 13.2. The average molecular weight is 370 g/mol. The van der Waals surface area contributed by atoms with Crippen molar-refractivity contribution in [1.82, 2.24) is 16.0 Å². The molecule has 2 aromatic carbocycles. The number of hydrogen-bond acceptors (Lipinski definition) is 2. The second-order valence-electron chi connectivity index (χ2n) is 6.05. The first-order valence-electron chi connectivity index (χ1n) is 9.25. The van der Waals surface area contributed by atoms with Crippen LogP contribution in [-0.4, -0.2) is 38.0 Å². The van der Waals surface area contributed by atoms with Crippen LogP contribution < -0.4 is 16.0 Å². The summed E-state index contributed by atoms with van der Waals surface area (Å²) in [6.45, 7) is 3.79. The van der Waals surface area contributed by atoms with E-state index in [-0.39, 0.29) is 18.3 Å². The van der Waals surface area contributed by atoms with Gasteiger partial charge >= 0.3 is 0 Å². The number of amides is 1. The lowest BCUT2D eigenvalue weighted by molar-refractivity contribution is -0.119. The highest BCUT2D eigenvalue weighted by Crippen LogP contribution is 2.06. The van der Waals surface area contributed by atoms with E-state index in [0.29, 0.717) is 37.6 Å². The summed E-state index contributed by atoms with van der Waals surface area (Å²) < 4.78 is 13.6. The fourth-order valence-corrected chi connectivity index (χ4v) is 2.56. The summed E-state index contributed by atoms with van der Waals surface area (Å²) in [4.78, 5) is 16.2. The van der Waals surface area contributed by atoms with Gasteiger partial charge in [0.2, 0.25) is 5.91 Å². The van der Waals surface area contributed by atoms with Crippen LogP contribution in [0.25, 0.3) is 0 Å². The largest absolute Gasteiger partial charge is 0.357 e. The number of nitrogens with one attached hydrogen (secondary N) is 3. The summed E-state index contributed by atoms with van der Waals surface area (Å²) in [5.74, 6) is 0.211. The molecular weight excluding hydrogens is 343 g/mol. The molecule has 1 amide bonds. The Hall–Kier alpha value is -2.89. The van der Waals surface area contributed by atoms with Crippen LogP contribution >= 0.6 is 0 Å². The van der Waals surface area contributed by atoms with E-state index in [1.807, 2.05) is 43.3 Å². The van der Waals surface area contributed by atoms with Crippen molar-refractivity contribution in [3.05, 3.63) is 71.5 Å². The molecule has 0 aliphatic carbocycles. The van der Waals surface area contributed by atoms with Crippen LogP contribution in [0.5, 0.6) is 0 Å². The van der Waals surface area contributed by atoms with Crippen molar-refractivity contribution in [2.75, 3.05) is 26.2 Å². The lowest BCUT2D eigenvalue weighted by Gasteiger charge is -2.11. The first-order valence-corrected chi connectivity index (χ1v) is 9.25. The fraction of sp³-hybridized carbons (Fsp3) is 0.333. The molecular formula is C21H27FN4O. The molecule has 27 heavy (non-hydrogen) atoms. The zero-order valence-electron chi connectivity index (χ0n) is 15.7. The maximum absolute atomic E-state index is 13.6. The molecule has 0 fully saturated rings. The number of hydrogen-bond donors (Lipinski definition) is 3. The zero-order valence-corrected chi connectivity index (χ0v) is 15.7. The van der Waals surface area contributed by atoms with Gasteiger partial charge in [0.05, 0.1) is 0 Å². The monoisotopic (exact) mass is 370 g/mol. The molecule has 0 aliphatic heterocycles. The Morgan fingerprint density at radius 3 is 2.37 bits per heavy atom.